The number of ether oxygens (including phenoxy) is 2. The third-order valence-electron chi connectivity index (χ3n) is 3.11. The van der Waals surface area contributed by atoms with Crippen molar-refractivity contribution in [2.24, 2.45) is 0 Å². The number of methoxy groups -OCH3 is 1. The summed E-state index contributed by atoms with van der Waals surface area (Å²) in [5.41, 5.74) is 1.22. The molecule has 0 aliphatic heterocycles. The van der Waals surface area contributed by atoms with E-state index in [9.17, 15) is 0 Å². The zero-order chi connectivity index (χ0) is 14.9. The predicted octanol–water partition coefficient (Wildman–Crippen LogP) is 3.67. The molecule has 4 heteroatoms. The summed E-state index contributed by atoms with van der Waals surface area (Å²) in [5.74, 6) is 1.83. The van der Waals surface area contributed by atoms with Crippen LogP contribution < -0.4 is 14.8 Å². The summed E-state index contributed by atoms with van der Waals surface area (Å²) < 4.78 is 12.0. The number of hydrogen-bond acceptors (Lipinski definition) is 3. The Hall–Kier alpha value is -1.52. The van der Waals surface area contributed by atoms with Crippen molar-refractivity contribution in [1.82, 2.24) is 5.32 Å². The molecule has 0 saturated carbocycles. The molecule has 0 aromatic heterocycles. The van der Waals surface area contributed by atoms with Crippen LogP contribution in [0.25, 0.3) is 0 Å². The lowest BCUT2D eigenvalue weighted by molar-refractivity contribution is 0.314. The van der Waals surface area contributed by atoms with Crippen LogP contribution in [0.1, 0.15) is 5.56 Å². The standard InChI is InChI=1S/C17H20BrNO2/c1-20-17-8-3-2-5-14(17)9-10-19-11-12-21-16-7-4-6-15(18)13-16/h2-8,13,19H,9-12H2,1H3. The van der Waals surface area contributed by atoms with Crippen LogP contribution in [0, 0.1) is 0 Å². The number of halogens is 1. The average molecular weight is 350 g/mol. The summed E-state index contributed by atoms with van der Waals surface area (Å²) in [4.78, 5) is 0. The first-order valence-corrected chi connectivity index (χ1v) is 7.80. The van der Waals surface area contributed by atoms with Gasteiger partial charge >= 0.3 is 0 Å². The molecule has 112 valence electrons. The predicted molar refractivity (Wildman–Crippen MR) is 89.2 cm³/mol. The molecule has 0 atom stereocenters. The lowest BCUT2D eigenvalue weighted by Crippen LogP contribution is -2.23. The molecule has 3 nitrogen and oxygen atoms in total. The monoisotopic (exact) mass is 349 g/mol. The smallest absolute Gasteiger partial charge is 0.122 e. The van der Waals surface area contributed by atoms with Gasteiger partial charge in [-0.3, -0.25) is 0 Å². The molecule has 0 fully saturated rings. The summed E-state index contributed by atoms with van der Waals surface area (Å²) in [7, 11) is 1.71. The Labute approximate surface area is 134 Å². The number of nitrogens with one attached hydrogen (secondary N) is 1. The second kappa shape index (κ2) is 8.70. The van der Waals surface area contributed by atoms with Crippen molar-refractivity contribution in [3.8, 4) is 11.5 Å². The number of rotatable bonds is 8. The molecule has 0 radical (unpaired) electrons. The molecule has 2 rings (SSSR count). The number of benzene rings is 2. The second-order valence-corrected chi connectivity index (χ2v) is 5.53. The maximum atomic E-state index is 5.67. The Morgan fingerprint density at radius 1 is 1.05 bits per heavy atom. The third-order valence-corrected chi connectivity index (χ3v) is 3.60. The minimum atomic E-state index is 0.655. The lowest BCUT2D eigenvalue weighted by atomic mass is 10.1. The van der Waals surface area contributed by atoms with Gasteiger partial charge in [-0.25, -0.2) is 0 Å². The van der Waals surface area contributed by atoms with E-state index in [2.05, 4.69) is 27.3 Å². The van der Waals surface area contributed by atoms with E-state index in [1.54, 1.807) is 7.11 Å². The topological polar surface area (TPSA) is 30.5 Å². The van der Waals surface area contributed by atoms with Crippen molar-refractivity contribution < 1.29 is 9.47 Å². The van der Waals surface area contributed by atoms with Crippen LogP contribution in [0.4, 0.5) is 0 Å². The van der Waals surface area contributed by atoms with E-state index < -0.39 is 0 Å². The summed E-state index contributed by atoms with van der Waals surface area (Å²) in [6, 6.07) is 16.0. The Balaban J connectivity index is 1.64. The molecule has 0 heterocycles. The number of hydrogen-bond donors (Lipinski definition) is 1. The van der Waals surface area contributed by atoms with Crippen LogP contribution in [0.5, 0.6) is 11.5 Å². The van der Waals surface area contributed by atoms with E-state index >= 15 is 0 Å². The van der Waals surface area contributed by atoms with Gasteiger partial charge in [-0.15, -0.1) is 0 Å². The molecule has 0 aliphatic rings. The largest absolute Gasteiger partial charge is 0.496 e. The molecule has 0 aliphatic carbocycles. The first kappa shape index (κ1) is 15.9. The fraction of sp³-hybridized carbons (Fsp3) is 0.294. The molecule has 0 unspecified atom stereocenters. The van der Waals surface area contributed by atoms with Crippen molar-refractivity contribution in [3.63, 3.8) is 0 Å². The molecule has 2 aromatic rings. The van der Waals surface area contributed by atoms with Gasteiger partial charge in [-0.2, -0.15) is 0 Å². The highest BCUT2D eigenvalue weighted by Crippen LogP contribution is 2.18. The minimum Gasteiger partial charge on any atom is -0.496 e. The molecule has 0 spiro atoms. The van der Waals surface area contributed by atoms with Crippen LogP contribution in [0.2, 0.25) is 0 Å². The van der Waals surface area contributed by atoms with Crippen molar-refractivity contribution in [1.29, 1.82) is 0 Å². The van der Waals surface area contributed by atoms with Crippen LogP contribution in [0.15, 0.2) is 53.0 Å². The molecule has 0 amide bonds. The zero-order valence-corrected chi connectivity index (χ0v) is 13.7. The van der Waals surface area contributed by atoms with E-state index in [0.717, 1.165) is 35.5 Å². The quantitative estimate of drug-likeness (QED) is 0.737. The van der Waals surface area contributed by atoms with Crippen molar-refractivity contribution in [2.45, 2.75) is 6.42 Å². The lowest BCUT2D eigenvalue weighted by Gasteiger charge is -2.10. The van der Waals surface area contributed by atoms with Gasteiger partial charge in [-0.1, -0.05) is 40.2 Å². The fourth-order valence-corrected chi connectivity index (χ4v) is 2.43. The molecule has 0 bridgehead atoms. The number of para-hydroxylation sites is 1. The molecule has 21 heavy (non-hydrogen) atoms. The van der Waals surface area contributed by atoms with E-state index in [1.807, 2.05) is 42.5 Å². The van der Waals surface area contributed by atoms with Crippen molar-refractivity contribution in [3.05, 3.63) is 58.6 Å². The highest BCUT2D eigenvalue weighted by molar-refractivity contribution is 9.10. The molecule has 1 N–H and O–H groups in total. The van der Waals surface area contributed by atoms with E-state index in [0.29, 0.717) is 6.61 Å². The van der Waals surface area contributed by atoms with Crippen LogP contribution in [0.3, 0.4) is 0 Å². The maximum absolute atomic E-state index is 5.67. The first-order chi connectivity index (χ1) is 10.3. The molecule has 2 aromatic carbocycles. The van der Waals surface area contributed by atoms with Gasteiger partial charge in [-0.05, 0) is 42.8 Å². The van der Waals surface area contributed by atoms with Crippen molar-refractivity contribution in [2.75, 3.05) is 26.8 Å². The Kier molecular flexibility index (Phi) is 6.57. The normalized spacial score (nSPS) is 10.4. The SMILES string of the molecule is COc1ccccc1CCNCCOc1cccc(Br)c1. The van der Waals surface area contributed by atoms with Gasteiger partial charge in [0.25, 0.3) is 0 Å². The summed E-state index contributed by atoms with van der Waals surface area (Å²) in [6.45, 7) is 2.38. The van der Waals surface area contributed by atoms with Gasteiger partial charge < -0.3 is 14.8 Å². The molecule has 0 saturated heterocycles. The van der Waals surface area contributed by atoms with Gasteiger partial charge in [0.1, 0.15) is 18.1 Å². The highest BCUT2D eigenvalue weighted by atomic mass is 79.9. The minimum absolute atomic E-state index is 0.655. The fourth-order valence-electron chi connectivity index (χ4n) is 2.06. The van der Waals surface area contributed by atoms with E-state index in [-0.39, 0.29) is 0 Å². The summed E-state index contributed by atoms with van der Waals surface area (Å²) in [5, 5.41) is 3.38. The second-order valence-electron chi connectivity index (χ2n) is 4.62. The average Bonchev–Trinajstić information content (AvgIpc) is 2.51. The Bertz CT molecular complexity index is 560. The van der Waals surface area contributed by atoms with Gasteiger partial charge in [0.15, 0.2) is 0 Å². The van der Waals surface area contributed by atoms with Gasteiger partial charge in [0, 0.05) is 11.0 Å². The third kappa shape index (κ3) is 5.40. The van der Waals surface area contributed by atoms with Gasteiger partial charge in [0.05, 0.1) is 7.11 Å². The molecular formula is C17H20BrNO2. The van der Waals surface area contributed by atoms with E-state index in [1.165, 1.54) is 5.56 Å². The van der Waals surface area contributed by atoms with Gasteiger partial charge in [0.2, 0.25) is 0 Å². The van der Waals surface area contributed by atoms with Crippen LogP contribution in [-0.4, -0.2) is 26.8 Å². The van der Waals surface area contributed by atoms with Crippen LogP contribution in [-0.2, 0) is 6.42 Å². The maximum Gasteiger partial charge on any atom is 0.122 e. The first-order valence-electron chi connectivity index (χ1n) is 7.00. The van der Waals surface area contributed by atoms with Crippen molar-refractivity contribution >= 4 is 15.9 Å². The van der Waals surface area contributed by atoms with E-state index in [4.69, 9.17) is 9.47 Å². The zero-order valence-electron chi connectivity index (χ0n) is 12.1. The molecular weight excluding hydrogens is 330 g/mol. The highest BCUT2D eigenvalue weighted by Gasteiger charge is 2.00. The van der Waals surface area contributed by atoms with Crippen LogP contribution >= 0.6 is 15.9 Å². The summed E-state index contributed by atoms with van der Waals surface area (Å²) in [6.07, 6.45) is 0.945. The Morgan fingerprint density at radius 3 is 2.71 bits per heavy atom. The summed E-state index contributed by atoms with van der Waals surface area (Å²) >= 11 is 3.43. The Morgan fingerprint density at radius 2 is 1.90 bits per heavy atom.